The van der Waals surface area contributed by atoms with Crippen LogP contribution in [0.15, 0.2) is 128 Å². The number of aromatic nitrogens is 3. The molecule has 0 radical (unpaired) electrons. The van der Waals surface area contributed by atoms with Crippen LogP contribution < -0.4 is 15.4 Å². The number of rotatable bonds is 12. The van der Waals surface area contributed by atoms with Crippen LogP contribution in [0.3, 0.4) is 0 Å². The van der Waals surface area contributed by atoms with Gasteiger partial charge in [-0.2, -0.15) is 0 Å². The third-order valence-electron chi connectivity index (χ3n) is 10.6. The number of hydrogen-bond donors (Lipinski definition) is 4. The molecule has 2 aliphatic rings. The van der Waals surface area contributed by atoms with Gasteiger partial charge in [-0.25, -0.2) is 13.4 Å². The summed E-state index contributed by atoms with van der Waals surface area (Å²) in [6.45, 7) is 7.39. The van der Waals surface area contributed by atoms with Crippen LogP contribution in [-0.4, -0.2) is 60.0 Å². The number of halogens is 4. The average Bonchev–Trinajstić information content (AvgIpc) is 3.73. The minimum absolute atomic E-state index is 0.194. The highest BCUT2D eigenvalue weighted by Gasteiger charge is 2.23. The van der Waals surface area contributed by atoms with Crippen molar-refractivity contribution in [3.8, 4) is 0 Å². The van der Waals surface area contributed by atoms with Crippen molar-refractivity contribution in [2.24, 2.45) is 0 Å². The number of nitrogens with one attached hydrogen (secondary N) is 3. The molecule has 2 atom stereocenters. The Kier molecular flexibility index (Phi) is 18.6. The predicted molar refractivity (Wildman–Crippen MR) is 268 cm³/mol. The molecule has 1 aliphatic carbocycles. The van der Waals surface area contributed by atoms with Crippen molar-refractivity contribution < 1.29 is 13.5 Å². The fourth-order valence-electron chi connectivity index (χ4n) is 7.43. The Morgan fingerprint density at radius 1 is 0.828 bits per heavy atom. The van der Waals surface area contributed by atoms with E-state index in [2.05, 4.69) is 43.1 Å². The first-order chi connectivity index (χ1) is 30.7. The normalized spacial score (nSPS) is 14.5. The van der Waals surface area contributed by atoms with Crippen molar-refractivity contribution in [2.45, 2.75) is 69.2 Å². The average molecular weight is 981 g/mol. The van der Waals surface area contributed by atoms with E-state index in [-0.39, 0.29) is 5.25 Å². The number of benzene rings is 4. The first-order valence-electron chi connectivity index (χ1n) is 21.1. The lowest BCUT2D eigenvalue weighted by atomic mass is 9.89. The number of thioether (sulfide) groups is 1. The van der Waals surface area contributed by atoms with Crippen molar-refractivity contribution in [1.82, 2.24) is 25.2 Å². The Bertz CT molecular complexity index is 2570. The topological polar surface area (TPSA) is 121 Å². The summed E-state index contributed by atoms with van der Waals surface area (Å²) < 4.78 is 26.5. The zero-order valence-electron chi connectivity index (χ0n) is 36.1. The van der Waals surface area contributed by atoms with Crippen LogP contribution in [0.5, 0.6) is 0 Å². The smallest absolute Gasteiger partial charge is 0.229 e. The van der Waals surface area contributed by atoms with Crippen LogP contribution >= 0.6 is 58.2 Å². The quantitative estimate of drug-likeness (QED) is 0.0957. The fourth-order valence-corrected chi connectivity index (χ4v) is 10.2. The number of aryl methyl sites for hydroxylation is 2. The van der Waals surface area contributed by atoms with Crippen molar-refractivity contribution in [3.63, 3.8) is 0 Å². The van der Waals surface area contributed by atoms with Gasteiger partial charge in [-0.05, 0) is 127 Å². The van der Waals surface area contributed by atoms with E-state index in [1.54, 1.807) is 36.5 Å². The van der Waals surface area contributed by atoms with Gasteiger partial charge < -0.3 is 20.3 Å². The summed E-state index contributed by atoms with van der Waals surface area (Å²) in [6.07, 6.45) is 12.3. The maximum absolute atomic E-state index is 11.0. The number of piperidine rings is 1. The highest BCUT2D eigenvalue weighted by molar-refractivity contribution is 7.98. The van der Waals surface area contributed by atoms with Gasteiger partial charge in [-0.3, -0.25) is 9.71 Å². The summed E-state index contributed by atoms with van der Waals surface area (Å²) >= 11 is 26.5. The van der Waals surface area contributed by atoms with E-state index in [0.29, 0.717) is 28.3 Å². The molecule has 3 heterocycles. The molecule has 15 heteroatoms. The standard InChI is InChI=1S/C19H19ClN2.C18H15Cl3N2S.C12H20N2O3S/c20-16-5-6-17-15(12-16)4-3-14-2-1-9-22-19(14)18(17)13-7-10-21-11-8-13;19-14-3-1-13(2-4-14)11-24-18(10-23-8-7-22-12-23)16-6-5-15(20)9-17(16)21;1-9(2)13-8-12(15)10-4-6-11(7-5-10)14-18(3,16)17/h1-2,5-6,9,12,21H,3-4,7-8,10-11H2;1-9,12,18H,10-11H2;4-7,9,12-15H,8H2,1-3H3. The summed E-state index contributed by atoms with van der Waals surface area (Å²) in [5.74, 6) is 0.871. The number of sulfonamides is 1. The summed E-state index contributed by atoms with van der Waals surface area (Å²) in [6, 6.07) is 31.2. The lowest BCUT2D eigenvalue weighted by Crippen LogP contribution is -2.27. The highest BCUT2D eigenvalue weighted by Crippen LogP contribution is 2.39. The van der Waals surface area contributed by atoms with Crippen molar-refractivity contribution in [1.29, 1.82) is 0 Å². The molecular formula is C49H54Cl4N6O3S2. The number of anilines is 1. The molecule has 6 aromatic rings. The Balaban J connectivity index is 0.000000161. The lowest BCUT2D eigenvalue weighted by Gasteiger charge is -2.21. The van der Waals surface area contributed by atoms with E-state index in [0.717, 1.165) is 78.5 Å². The van der Waals surface area contributed by atoms with Crippen LogP contribution in [0.1, 0.15) is 77.1 Å². The number of fused-ring (bicyclic) bond motifs is 2. The molecule has 0 bridgehead atoms. The molecule has 0 saturated carbocycles. The Hall–Kier alpha value is -3.88. The van der Waals surface area contributed by atoms with Gasteiger partial charge in [0.2, 0.25) is 10.0 Å². The van der Waals surface area contributed by atoms with E-state index < -0.39 is 16.1 Å². The van der Waals surface area contributed by atoms with Gasteiger partial charge in [0.15, 0.2) is 0 Å². The van der Waals surface area contributed by atoms with Crippen LogP contribution in [0, 0.1) is 0 Å². The van der Waals surface area contributed by atoms with Gasteiger partial charge in [0.05, 0.1) is 24.4 Å². The van der Waals surface area contributed by atoms with Gasteiger partial charge >= 0.3 is 0 Å². The van der Waals surface area contributed by atoms with Gasteiger partial charge in [0, 0.05) is 80.1 Å². The molecule has 4 aromatic carbocycles. The molecule has 8 rings (SSSR count). The van der Waals surface area contributed by atoms with Crippen LogP contribution in [0.2, 0.25) is 20.1 Å². The summed E-state index contributed by atoms with van der Waals surface area (Å²) in [7, 11) is -3.26. The fraction of sp³-hybridized carbons (Fsp3) is 0.306. The highest BCUT2D eigenvalue weighted by atomic mass is 35.5. The van der Waals surface area contributed by atoms with Crippen LogP contribution in [0.4, 0.5) is 5.69 Å². The van der Waals surface area contributed by atoms with Gasteiger partial charge in [-0.1, -0.05) is 108 Å². The molecule has 1 aliphatic heterocycles. The molecule has 4 N–H and O–H groups in total. The zero-order chi connectivity index (χ0) is 45.6. The lowest BCUT2D eigenvalue weighted by molar-refractivity contribution is 0.171. The molecule has 338 valence electrons. The van der Waals surface area contributed by atoms with Crippen molar-refractivity contribution in [3.05, 3.63) is 187 Å². The number of nitrogens with zero attached hydrogens (tertiary/aromatic N) is 3. The number of hydrogen-bond acceptors (Lipinski definition) is 8. The molecule has 1 fully saturated rings. The van der Waals surface area contributed by atoms with Crippen LogP contribution in [0.25, 0.3) is 5.57 Å². The molecule has 64 heavy (non-hydrogen) atoms. The summed E-state index contributed by atoms with van der Waals surface area (Å²) in [5, 5.41) is 19.6. The molecule has 0 amide bonds. The van der Waals surface area contributed by atoms with E-state index in [9.17, 15) is 13.5 Å². The Morgan fingerprint density at radius 3 is 2.19 bits per heavy atom. The van der Waals surface area contributed by atoms with E-state index in [4.69, 9.17) is 51.4 Å². The molecule has 0 spiro atoms. The minimum Gasteiger partial charge on any atom is -0.387 e. The summed E-state index contributed by atoms with van der Waals surface area (Å²) in [5.41, 5.74) is 11.7. The minimum atomic E-state index is -3.26. The largest absolute Gasteiger partial charge is 0.387 e. The molecule has 1 saturated heterocycles. The number of pyridine rings is 1. The Labute approximate surface area is 402 Å². The first-order valence-corrected chi connectivity index (χ1v) is 25.6. The summed E-state index contributed by atoms with van der Waals surface area (Å²) in [4.78, 5) is 8.86. The van der Waals surface area contributed by atoms with Crippen molar-refractivity contribution >= 4 is 79.4 Å². The maximum atomic E-state index is 11.0. The second kappa shape index (κ2) is 24.1. The third kappa shape index (κ3) is 15.1. The van der Waals surface area contributed by atoms with Gasteiger partial charge in [-0.15, -0.1) is 11.8 Å². The molecule has 2 unspecified atom stereocenters. The Morgan fingerprint density at radius 2 is 1.52 bits per heavy atom. The zero-order valence-corrected chi connectivity index (χ0v) is 40.7. The second-order valence-corrected chi connectivity index (χ2v) is 20.6. The number of imidazole rings is 1. The SMILES string of the molecule is CC(C)NCC(O)c1ccc(NS(C)(=O)=O)cc1.Clc1ccc(CSC(Cn2ccnc2)c2ccc(Cl)cc2Cl)cc1.Clc1ccc2c(c1)CCc1cccnc1C2=C1CCNCC1. The maximum Gasteiger partial charge on any atom is 0.229 e. The van der Waals surface area contributed by atoms with E-state index in [1.807, 2.05) is 92.9 Å². The first kappa shape index (κ1) is 49.6. The van der Waals surface area contributed by atoms with E-state index >= 15 is 0 Å². The molecule has 2 aromatic heterocycles. The van der Waals surface area contributed by atoms with E-state index in [1.165, 1.54) is 39.1 Å². The molecule has 9 nitrogen and oxygen atoms in total. The van der Waals surface area contributed by atoms with Gasteiger partial charge in [0.25, 0.3) is 0 Å². The molecular weight excluding hydrogens is 927 g/mol. The van der Waals surface area contributed by atoms with Gasteiger partial charge in [0.1, 0.15) is 0 Å². The second-order valence-electron chi connectivity index (χ2n) is 16.0. The number of aliphatic hydroxyl groups is 1. The van der Waals surface area contributed by atoms with Crippen LogP contribution in [-0.2, 0) is 35.2 Å². The predicted octanol–water partition coefficient (Wildman–Crippen LogP) is 11.6. The monoisotopic (exact) mass is 978 g/mol. The number of aliphatic hydroxyl groups excluding tert-OH is 1. The third-order valence-corrected chi connectivity index (χ3v) is 13.6. The van der Waals surface area contributed by atoms with Crippen molar-refractivity contribution in [2.75, 3.05) is 30.6 Å².